The van der Waals surface area contributed by atoms with E-state index in [0.717, 1.165) is 18.4 Å². The SMILES string of the molecule is C=C(C)C(C)C.C=CC1(C2=CCC(C)C=C2)CCCC1.CCCCNC.Cc1cccc(C2CCCCC2)c1. The molecule has 4 rings (SSSR count). The first-order valence-electron chi connectivity index (χ1n) is 16.1. The van der Waals surface area contributed by atoms with Crippen LogP contribution in [0.3, 0.4) is 0 Å². The summed E-state index contributed by atoms with van der Waals surface area (Å²) in [6.07, 6.45) is 25.6. The predicted molar refractivity (Wildman–Crippen MR) is 178 cm³/mol. The summed E-state index contributed by atoms with van der Waals surface area (Å²) in [7, 11) is 1.98. The molecule has 2 saturated carbocycles. The molecule has 1 N–H and O–H groups in total. The molecule has 1 nitrogen and oxygen atoms in total. The second-order valence-corrected chi connectivity index (χ2v) is 12.5. The minimum atomic E-state index is 0.330. The Morgan fingerprint density at radius 3 is 2.18 bits per heavy atom. The standard InChI is InChI=1S/C14H20.C13H18.C6H12.C5H13N/c1-3-14(10-4-5-11-14)13-8-6-12(2)7-9-13;1-11-6-5-9-13(10-11)12-7-3-2-4-8-12;1-5(2)6(3)4;1-3-4-5-6-2/h3,6,8-9,12H,1,4-5,7,10-11H2,2H3;5-6,9-10,12H,2-4,7-8H2,1H3;6H,1H2,2-4H3;6H,3-5H2,1-2H3. The molecule has 0 saturated heterocycles. The predicted octanol–water partition coefficient (Wildman–Crippen LogP) is 11.5. The summed E-state index contributed by atoms with van der Waals surface area (Å²) in [5.74, 6) is 2.24. The molecule has 0 spiro atoms. The van der Waals surface area contributed by atoms with E-state index in [1.807, 2.05) is 14.0 Å². The number of hydrogen-bond donors (Lipinski definition) is 1. The summed E-state index contributed by atoms with van der Waals surface area (Å²) in [5.41, 5.74) is 6.09. The molecular formula is C38H63N. The number of aryl methyl sites for hydroxylation is 1. The van der Waals surface area contributed by atoms with Gasteiger partial charge in [-0.15, -0.1) is 6.58 Å². The number of benzene rings is 1. The van der Waals surface area contributed by atoms with Crippen LogP contribution in [0.25, 0.3) is 0 Å². The van der Waals surface area contributed by atoms with Crippen LogP contribution in [0.4, 0.5) is 0 Å². The van der Waals surface area contributed by atoms with Gasteiger partial charge in [0.2, 0.25) is 0 Å². The Bertz CT molecular complexity index is 854. The number of hydrogen-bond acceptors (Lipinski definition) is 1. The fraction of sp³-hybridized carbons (Fsp3) is 0.632. The average Bonchev–Trinajstić information content (AvgIpc) is 3.44. The lowest BCUT2D eigenvalue weighted by Crippen LogP contribution is -2.16. The van der Waals surface area contributed by atoms with E-state index >= 15 is 0 Å². The Labute approximate surface area is 244 Å². The van der Waals surface area contributed by atoms with Gasteiger partial charge < -0.3 is 5.32 Å². The molecule has 1 aromatic carbocycles. The number of nitrogens with one attached hydrogen (secondary N) is 1. The third-order valence-corrected chi connectivity index (χ3v) is 8.66. The van der Waals surface area contributed by atoms with Crippen LogP contribution in [0, 0.1) is 24.2 Å². The van der Waals surface area contributed by atoms with Crippen molar-refractivity contribution in [3.63, 3.8) is 0 Å². The topological polar surface area (TPSA) is 12.0 Å². The number of allylic oxidation sites excluding steroid dienone is 6. The fourth-order valence-corrected chi connectivity index (χ4v) is 5.43. The first-order chi connectivity index (χ1) is 18.7. The van der Waals surface area contributed by atoms with Gasteiger partial charge in [0.15, 0.2) is 0 Å². The zero-order chi connectivity index (χ0) is 29.1. The normalized spacial score (nSPS) is 19.9. The quantitative estimate of drug-likeness (QED) is 0.271. The lowest BCUT2D eigenvalue weighted by atomic mass is 9.76. The molecule has 1 aromatic rings. The fourth-order valence-electron chi connectivity index (χ4n) is 5.43. The van der Waals surface area contributed by atoms with E-state index in [2.05, 4.69) is 102 Å². The Kier molecular flexibility index (Phi) is 18.1. The van der Waals surface area contributed by atoms with Crippen molar-refractivity contribution in [2.75, 3.05) is 13.6 Å². The van der Waals surface area contributed by atoms with Crippen LogP contribution in [-0.2, 0) is 0 Å². The third-order valence-electron chi connectivity index (χ3n) is 8.66. The average molecular weight is 534 g/mol. The summed E-state index contributed by atoms with van der Waals surface area (Å²) in [5, 5.41) is 3.07. The highest BCUT2D eigenvalue weighted by Gasteiger charge is 2.33. The van der Waals surface area contributed by atoms with Crippen LogP contribution < -0.4 is 5.32 Å². The van der Waals surface area contributed by atoms with Crippen LogP contribution in [0.2, 0.25) is 0 Å². The molecule has 1 heteroatoms. The molecular weight excluding hydrogens is 470 g/mol. The maximum Gasteiger partial charge on any atom is 0.0126 e. The Balaban J connectivity index is 0.000000281. The van der Waals surface area contributed by atoms with Gasteiger partial charge in [-0.3, -0.25) is 0 Å². The molecule has 0 radical (unpaired) electrons. The highest BCUT2D eigenvalue weighted by Crippen LogP contribution is 2.46. The molecule has 3 aliphatic rings. The monoisotopic (exact) mass is 533 g/mol. The van der Waals surface area contributed by atoms with E-state index < -0.39 is 0 Å². The van der Waals surface area contributed by atoms with Crippen molar-refractivity contribution in [1.29, 1.82) is 0 Å². The van der Waals surface area contributed by atoms with Gasteiger partial charge in [0.05, 0.1) is 0 Å². The maximum absolute atomic E-state index is 4.03. The molecule has 220 valence electrons. The highest BCUT2D eigenvalue weighted by molar-refractivity contribution is 5.35. The smallest absolute Gasteiger partial charge is 0.0126 e. The second kappa shape index (κ2) is 20.1. The van der Waals surface area contributed by atoms with Crippen molar-refractivity contribution in [3.8, 4) is 0 Å². The first-order valence-corrected chi connectivity index (χ1v) is 16.1. The summed E-state index contributed by atoms with van der Waals surface area (Å²) in [6, 6.07) is 9.03. The lowest BCUT2D eigenvalue weighted by Gasteiger charge is -2.29. The molecule has 0 heterocycles. The number of unbranched alkanes of at least 4 members (excludes halogenated alkanes) is 1. The summed E-state index contributed by atoms with van der Waals surface area (Å²) < 4.78 is 0. The van der Waals surface area contributed by atoms with Gasteiger partial charge in [0.25, 0.3) is 0 Å². The van der Waals surface area contributed by atoms with Crippen molar-refractivity contribution in [3.05, 3.63) is 84.0 Å². The molecule has 0 aliphatic heterocycles. The van der Waals surface area contributed by atoms with Crippen LogP contribution in [0.1, 0.15) is 129 Å². The van der Waals surface area contributed by atoms with Crippen molar-refractivity contribution < 1.29 is 0 Å². The summed E-state index contributed by atoms with van der Waals surface area (Å²) in [4.78, 5) is 0. The Hall–Kier alpha value is -1.86. The van der Waals surface area contributed by atoms with E-state index in [0.29, 0.717) is 11.3 Å². The van der Waals surface area contributed by atoms with Crippen molar-refractivity contribution >= 4 is 0 Å². The van der Waals surface area contributed by atoms with Crippen LogP contribution >= 0.6 is 0 Å². The Morgan fingerprint density at radius 1 is 1.10 bits per heavy atom. The van der Waals surface area contributed by atoms with Crippen LogP contribution in [0.5, 0.6) is 0 Å². The van der Waals surface area contributed by atoms with Gasteiger partial charge in [-0.2, -0.15) is 0 Å². The van der Waals surface area contributed by atoms with E-state index in [1.54, 1.807) is 5.56 Å². The van der Waals surface area contributed by atoms with Gasteiger partial charge in [0, 0.05) is 5.41 Å². The van der Waals surface area contributed by atoms with Gasteiger partial charge in [-0.25, -0.2) is 0 Å². The van der Waals surface area contributed by atoms with Crippen LogP contribution in [-0.4, -0.2) is 13.6 Å². The first kappa shape index (κ1) is 35.2. The van der Waals surface area contributed by atoms with Gasteiger partial charge in [-0.1, -0.05) is 133 Å². The van der Waals surface area contributed by atoms with Crippen LogP contribution in [0.15, 0.2) is 72.9 Å². The van der Waals surface area contributed by atoms with E-state index in [4.69, 9.17) is 0 Å². The molecule has 0 amide bonds. The maximum atomic E-state index is 4.03. The van der Waals surface area contributed by atoms with E-state index in [1.165, 1.54) is 93.8 Å². The minimum Gasteiger partial charge on any atom is -0.320 e. The molecule has 1 unspecified atom stereocenters. The minimum absolute atomic E-state index is 0.330. The molecule has 3 aliphatic carbocycles. The largest absolute Gasteiger partial charge is 0.320 e. The molecule has 0 aromatic heterocycles. The summed E-state index contributed by atoms with van der Waals surface area (Å²) >= 11 is 0. The van der Waals surface area contributed by atoms with Crippen molar-refractivity contribution in [2.24, 2.45) is 17.3 Å². The van der Waals surface area contributed by atoms with E-state index in [9.17, 15) is 0 Å². The summed E-state index contributed by atoms with van der Waals surface area (Å²) in [6.45, 7) is 21.9. The second-order valence-electron chi connectivity index (χ2n) is 12.5. The van der Waals surface area contributed by atoms with Gasteiger partial charge in [-0.05, 0) is 94.9 Å². The van der Waals surface area contributed by atoms with Gasteiger partial charge >= 0.3 is 0 Å². The molecule has 39 heavy (non-hydrogen) atoms. The zero-order valence-electron chi connectivity index (χ0n) is 27.0. The van der Waals surface area contributed by atoms with E-state index in [-0.39, 0.29) is 0 Å². The third kappa shape index (κ3) is 13.9. The van der Waals surface area contributed by atoms with Crippen molar-refractivity contribution in [2.45, 2.75) is 125 Å². The Morgan fingerprint density at radius 2 is 1.74 bits per heavy atom. The number of rotatable bonds is 7. The molecule has 0 bridgehead atoms. The zero-order valence-corrected chi connectivity index (χ0v) is 27.0. The lowest BCUT2D eigenvalue weighted by molar-refractivity contribution is 0.443. The highest BCUT2D eigenvalue weighted by atomic mass is 14.8. The molecule has 1 atom stereocenters. The molecule has 2 fully saturated rings. The van der Waals surface area contributed by atoms with Crippen molar-refractivity contribution in [1.82, 2.24) is 5.32 Å². The van der Waals surface area contributed by atoms with Gasteiger partial charge in [0.1, 0.15) is 0 Å².